The highest BCUT2D eigenvalue weighted by Gasteiger charge is 2.36. The molecule has 1 saturated heterocycles. The number of nitrogens with zero attached hydrogens (tertiary/aromatic N) is 5. The summed E-state index contributed by atoms with van der Waals surface area (Å²) >= 11 is 0. The second-order valence-electron chi connectivity index (χ2n) is 6.53. The molecule has 5 rings (SSSR count). The van der Waals surface area contributed by atoms with Crippen molar-refractivity contribution in [2.24, 2.45) is 0 Å². The van der Waals surface area contributed by atoms with Crippen LogP contribution < -0.4 is 0 Å². The molecular formula is C17H17N5O2. The lowest BCUT2D eigenvalue weighted by Crippen LogP contribution is -2.31. The van der Waals surface area contributed by atoms with E-state index in [4.69, 9.17) is 4.52 Å². The van der Waals surface area contributed by atoms with Gasteiger partial charge in [-0.15, -0.1) is 10.2 Å². The molecule has 1 aliphatic heterocycles. The Morgan fingerprint density at radius 3 is 3.00 bits per heavy atom. The van der Waals surface area contributed by atoms with Crippen LogP contribution in [-0.2, 0) is 0 Å². The lowest BCUT2D eigenvalue weighted by Gasteiger charge is -2.22. The van der Waals surface area contributed by atoms with Gasteiger partial charge in [0.1, 0.15) is 5.76 Å². The molecule has 7 nitrogen and oxygen atoms in total. The molecule has 3 aromatic heterocycles. The Kier molecular flexibility index (Phi) is 2.95. The summed E-state index contributed by atoms with van der Waals surface area (Å²) in [4.78, 5) is 14.7. The zero-order valence-electron chi connectivity index (χ0n) is 13.1. The third-order valence-corrected chi connectivity index (χ3v) is 4.88. The van der Waals surface area contributed by atoms with Gasteiger partial charge in [-0.05, 0) is 37.8 Å². The number of fused-ring (bicyclic) bond motifs is 1. The SMILES string of the molecule is O=C(c1cc(C2CC2)on1)N1CCCC1c1nnc2ccccn12. The highest BCUT2D eigenvalue weighted by atomic mass is 16.5. The molecule has 1 atom stereocenters. The van der Waals surface area contributed by atoms with E-state index in [9.17, 15) is 4.79 Å². The van der Waals surface area contributed by atoms with Crippen LogP contribution >= 0.6 is 0 Å². The van der Waals surface area contributed by atoms with Crippen molar-refractivity contribution in [2.45, 2.75) is 37.6 Å². The molecule has 4 heterocycles. The minimum absolute atomic E-state index is 0.0732. The first-order valence-corrected chi connectivity index (χ1v) is 8.38. The monoisotopic (exact) mass is 323 g/mol. The van der Waals surface area contributed by atoms with Gasteiger partial charge in [-0.1, -0.05) is 11.2 Å². The van der Waals surface area contributed by atoms with Gasteiger partial charge in [0, 0.05) is 24.7 Å². The van der Waals surface area contributed by atoms with E-state index < -0.39 is 0 Å². The van der Waals surface area contributed by atoms with E-state index in [-0.39, 0.29) is 11.9 Å². The van der Waals surface area contributed by atoms with Crippen molar-refractivity contribution in [3.8, 4) is 0 Å². The minimum atomic E-state index is -0.0826. The van der Waals surface area contributed by atoms with Gasteiger partial charge >= 0.3 is 0 Å². The second-order valence-corrected chi connectivity index (χ2v) is 6.53. The Bertz CT molecular complexity index is 910. The number of aromatic nitrogens is 4. The summed E-state index contributed by atoms with van der Waals surface area (Å²) in [5.74, 6) is 2.01. The van der Waals surface area contributed by atoms with Crippen LogP contribution in [0.1, 0.15) is 59.7 Å². The summed E-state index contributed by atoms with van der Waals surface area (Å²) in [6.45, 7) is 0.705. The highest BCUT2D eigenvalue weighted by Crippen LogP contribution is 2.40. The molecule has 1 aliphatic carbocycles. The molecule has 24 heavy (non-hydrogen) atoms. The van der Waals surface area contributed by atoms with Crippen LogP contribution in [0.3, 0.4) is 0 Å². The summed E-state index contributed by atoms with van der Waals surface area (Å²) in [6.07, 6.45) is 6.02. The summed E-state index contributed by atoms with van der Waals surface area (Å²) in [6, 6.07) is 7.52. The number of amides is 1. The largest absolute Gasteiger partial charge is 0.360 e. The van der Waals surface area contributed by atoms with E-state index in [0.717, 1.165) is 42.9 Å². The normalized spacial score (nSPS) is 20.8. The van der Waals surface area contributed by atoms with Crippen LogP contribution in [0.2, 0.25) is 0 Å². The van der Waals surface area contributed by atoms with Crippen molar-refractivity contribution in [1.82, 2.24) is 24.7 Å². The molecule has 0 aromatic carbocycles. The Morgan fingerprint density at radius 1 is 1.21 bits per heavy atom. The van der Waals surface area contributed by atoms with Gasteiger partial charge in [0.25, 0.3) is 5.91 Å². The quantitative estimate of drug-likeness (QED) is 0.740. The molecule has 3 aromatic rings. The van der Waals surface area contributed by atoms with Crippen molar-refractivity contribution in [3.63, 3.8) is 0 Å². The number of hydrogen-bond acceptors (Lipinski definition) is 5. The Morgan fingerprint density at radius 2 is 2.12 bits per heavy atom. The van der Waals surface area contributed by atoms with Crippen molar-refractivity contribution < 1.29 is 9.32 Å². The standard InChI is InChI=1S/C17H17N5O2/c23-17(12-10-14(24-20-12)11-6-7-11)21-9-3-4-13(21)16-19-18-15-5-1-2-8-22(15)16/h1-2,5,8,10-11,13H,3-4,6-7,9H2. The lowest BCUT2D eigenvalue weighted by molar-refractivity contribution is 0.0718. The van der Waals surface area contributed by atoms with Crippen LogP contribution in [0.5, 0.6) is 0 Å². The fourth-order valence-corrected chi connectivity index (χ4v) is 3.46. The van der Waals surface area contributed by atoms with Gasteiger partial charge in [-0.2, -0.15) is 0 Å². The molecule has 122 valence electrons. The van der Waals surface area contributed by atoms with E-state index in [1.807, 2.05) is 33.7 Å². The molecule has 2 aliphatic rings. The van der Waals surface area contributed by atoms with Crippen LogP contribution in [0.4, 0.5) is 0 Å². The average Bonchev–Trinajstić information content (AvgIpc) is 3.06. The van der Waals surface area contributed by atoms with Gasteiger partial charge in [0.15, 0.2) is 17.2 Å². The maximum Gasteiger partial charge on any atom is 0.276 e. The van der Waals surface area contributed by atoms with Crippen molar-refractivity contribution in [2.75, 3.05) is 6.54 Å². The number of pyridine rings is 1. The molecule has 0 bridgehead atoms. The van der Waals surface area contributed by atoms with Crippen molar-refractivity contribution >= 4 is 11.6 Å². The minimum Gasteiger partial charge on any atom is -0.360 e. The summed E-state index contributed by atoms with van der Waals surface area (Å²) < 4.78 is 7.29. The average molecular weight is 323 g/mol. The molecule has 0 spiro atoms. The summed E-state index contributed by atoms with van der Waals surface area (Å²) in [7, 11) is 0. The highest BCUT2D eigenvalue weighted by molar-refractivity contribution is 5.92. The molecule has 7 heteroatoms. The van der Waals surface area contributed by atoms with Crippen molar-refractivity contribution in [1.29, 1.82) is 0 Å². The van der Waals surface area contributed by atoms with Crippen LogP contribution in [-0.4, -0.2) is 37.1 Å². The third kappa shape index (κ3) is 2.11. The van der Waals surface area contributed by atoms with E-state index in [1.165, 1.54) is 0 Å². The predicted octanol–water partition coefficient (Wildman–Crippen LogP) is 2.57. The number of rotatable bonds is 3. The Hall–Kier alpha value is -2.70. The zero-order chi connectivity index (χ0) is 16.1. The van der Waals surface area contributed by atoms with Crippen LogP contribution in [0, 0.1) is 0 Å². The zero-order valence-corrected chi connectivity index (χ0v) is 13.1. The maximum absolute atomic E-state index is 12.9. The molecule has 0 radical (unpaired) electrons. The van der Waals surface area contributed by atoms with Gasteiger partial charge in [0.2, 0.25) is 0 Å². The number of hydrogen-bond donors (Lipinski definition) is 0. The van der Waals surface area contributed by atoms with Crippen LogP contribution in [0.25, 0.3) is 5.65 Å². The molecule has 1 saturated carbocycles. The number of carbonyl (C=O) groups excluding carboxylic acids is 1. The van der Waals surface area contributed by atoms with Gasteiger partial charge in [0.05, 0.1) is 6.04 Å². The molecule has 1 amide bonds. The van der Waals surface area contributed by atoms with Gasteiger partial charge in [-0.3, -0.25) is 9.20 Å². The van der Waals surface area contributed by atoms with E-state index in [0.29, 0.717) is 18.2 Å². The maximum atomic E-state index is 12.9. The van der Waals surface area contributed by atoms with E-state index in [2.05, 4.69) is 15.4 Å². The molecule has 0 N–H and O–H groups in total. The fourth-order valence-electron chi connectivity index (χ4n) is 3.46. The van der Waals surface area contributed by atoms with E-state index >= 15 is 0 Å². The second kappa shape index (κ2) is 5.15. The van der Waals surface area contributed by atoms with Gasteiger partial charge < -0.3 is 9.42 Å². The van der Waals surface area contributed by atoms with Gasteiger partial charge in [-0.25, -0.2) is 0 Å². The number of likely N-dealkylation sites (tertiary alicyclic amines) is 1. The molecular weight excluding hydrogens is 306 g/mol. The molecule has 1 unspecified atom stereocenters. The topological polar surface area (TPSA) is 76.5 Å². The lowest BCUT2D eigenvalue weighted by atomic mass is 10.2. The summed E-state index contributed by atoms with van der Waals surface area (Å²) in [5.41, 5.74) is 1.20. The fraction of sp³-hybridized carbons (Fsp3) is 0.412. The predicted molar refractivity (Wildman–Crippen MR) is 84.5 cm³/mol. The van der Waals surface area contributed by atoms with E-state index in [1.54, 1.807) is 6.07 Å². The Balaban J connectivity index is 1.47. The third-order valence-electron chi connectivity index (χ3n) is 4.88. The first-order chi connectivity index (χ1) is 11.8. The smallest absolute Gasteiger partial charge is 0.276 e. The first kappa shape index (κ1) is 13.7. The molecule has 2 fully saturated rings. The van der Waals surface area contributed by atoms with Crippen LogP contribution in [0.15, 0.2) is 35.0 Å². The summed E-state index contributed by atoms with van der Waals surface area (Å²) in [5, 5.41) is 12.5. The van der Waals surface area contributed by atoms with Crippen molar-refractivity contribution in [3.05, 3.63) is 47.7 Å². The first-order valence-electron chi connectivity index (χ1n) is 8.38. The Labute approximate surface area is 138 Å². The number of carbonyl (C=O) groups is 1.